The van der Waals surface area contributed by atoms with E-state index in [4.69, 9.17) is 10.5 Å². The minimum atomic E-state index is 0.442. The molecule has 0 unspecified atom stereocenters. The first-order chi connectivity index (χ1) is 8.29. The number of hydrogen-bond acceptors (Lipinski definition) is 4. The third kappa shape index (κ3) is 3.04. The summed E-state index contributed by atoms with van der Waals surface area (Å²) in [6.07, 6.45) is 1.67. The van der Waals surface area contributed by atoms with Gasteiger partial charge >= 0.3 is 0 Å². The zero-order chi connectivity index (χ0) is 12.1. The lowest BCUT2D eigenvalue weighted by atomic mass is 10.2. The molecule has 90 valence electrons. The number of nitrogens with zero attached hydrogens (tertiary/aromatic N) is 3. The van der Waals surface area contributed by atoms with Crippen LogP contribution in [0.1, 0.15) is 11.3 Å². The van der Waals surface area contributed by atoms with E-state index in [-0.39, 0.29) is 0 Å². The van der Waals surface area contributed by atoms with Crippen molar-refractivity contribution in [3.8, 4) is 5.75 Å². The fourth-order valence-corrected chi connectivity index (χ4v) is 1.58. The second-order valence-electron chi connectivity index (χ2n) is 3.82. The molecule has 2 rings (SSSR count). The Balaban J connectivity index is 1.87. The summed E-state index contributed by atoms with van der Waals surface area (Å²) < 4.78 is 7.39. The average molecular weight is 232 g/mol. The van der Waals surface area contributed by atoms with Gasteiger partial charge in [-0.3, -0.25) is 0 Å². The van der Waals surface area contributed by atoms with Crippen LogP contribution >= 0.6 is 0 Å². The van der Waals surface area contributed by atoms with Crippen LogP contribution in [0.5, 0.6) is 5.75 Å². The van der Waals surface area contributed by atoms with Crippen molar-refractivity contribution in [3.05, 3.63) is 41.7 Å². The Hall–Kier alpha value is -1.88. The SMILES string of the molecule is Cc1cccc(OCCn2nncc2CN)c1. The summed E-state index contributed by atoms with van der Waals surface area (Å²) in [6.45, 7) is 3.69. The van der Waals surface area contributed by atoms with E-state index in [1.54, 1.807) is 10.9 Å². The Labute approximate surface area is 100 Å². The Bertz CT molecular complexity index is 481. The van der Waals surface area contributed by atoms with E-state index in [1.807, 2.05) is 31.2 Å². The molecule has 0 amide bonds. The zero-order valence-corrected chi connectivity index (χ0v) is 9.84. The predicted molar refractivity (Wildman–Crippen MR) is 64.6 cm³/mol. The molecule has 0 aliphatic rings. The molecule has 2 N–H and O–H groups in total. The highest BCUT2D eigenvalue weighted by Gasteiger charge is 2.01. The van der Waals surface area contributed by atoms with Gasteiger partial charge < -0.3 is 10.5 Å². The second kappa shape index (κ2) is 5.45. The van der Waals surface area contributed by atoms with Gasteiger partial charge in [-0.05, 0) is 24.6 Å². The molecule has 0 bridgehead atoms. The highest BCUT2D eigenvalue weighted by molar-refractivity contribution is 5.27. The van der Waals surface area contributed by atoms with Crippen LogP contribution in [-0.4, -0.2) is 21.6 Å². The van der Waals surface area contributed by atoms with Crippen molar-refractivity contribution in [3.63, 3.8) is 0 Å². The number of aromatic nitrogens is 3. The smallest absolute Gasteiger partial charge is 0.119 e. The maximum Gasteiger partial charge on any atom is 0.119 e. The first-order valence-corrected chi connectivity index (χ1v) is 5.56. The fraction of sp³-hybridized carbons (Fsp3) is 0.333. The zero-order valence-electron chi connectivity index (χ0n) is 9.84. The molecule has 0 spiro atoms. The van der Waals surface area contributed by atoms with Crippen LogP contribution in [0.25, 0.3) is 0 Å². The average Bonchev–Trinajstić information content (AvgIpc) is 2.77. The van der Waals surface area contributed by atoms with Crippen LogP contribution in [0.15, 0.2) is 30.5 Å². The number of rotatable bonds is 5. The molecular weight excluding hydrogens is 216 g/mol. The minimum absolute atomic E-state index is 0.442. The normalized spacial score (nSPS) is 10.5. The third-order valence-electron chi connectivity index (χ3n) is 2.47. The lowest BCUT2D eigenvalue weighted by molar-refractivity contribution is 0.287. The van der Waals surface area contributed by atoms with Gasteiger partial charge in [0.1, 0.15) is 12.4 Å². The first-order valence-electron chi connectivity index (χ1n) is 5.56. The summed E-state index contributed by atoms with van der Waals surface area (Å²) in [5, 5.41) is 7.75. The van der Waals surface area contributed by atoms with Gasteiger partial charge in [-0.2, -0.15) is 0 Å². The lowest BCUT2D eigenvalue weighted by Crippen LogP contribution is -2.14. The maximum atomic E-state index is 5.63. The highest BCUT2D eigenvalue weighted by Crippen LogP contribution is 2.12. The molecule has 0 saturated carbocycles. The summed E-state index contributed by atoms with van der Waals surface area (Å²) in [7, 11) is 0. The van der Waals surface area contributed by atoms with Gasteiger partial charge in [-0.15, -0.1) is 5.10 Å². The van der Waals surface area contributed by atoms with Crippen LogP contribution in [0.3, 0.4) is 0 Å². The van der Waals surface area contributed by atoms with Gasteiger partial charge in [-0.25, -0.2) is 4.68 Å². The van der Waals surface area contributed by atoms with E-state index in [1.165, 1.54) is 5.56 Å². The maximum absolute atomic E-state index is 5.63. The topological polar surface area (TPSA) is 66.0 Å². The van der Waals surface area contributed by atoms with Crippen molar-refractivity contribution >= 4 is 0 Å². The van der Waals surface area contributed by atoms with Crippen molar-refractivity contribution in [2.45, 2.75) is 20.0 Å². The number of benzene rings is 1. The molecule has 0 radical (unpaired) electrons. The quantitative estimate of drug-likeness (QED) is 0.839. The Morgan fingerprint density at radius 1 is 1.41 bits per heavy atom. The molecular formula is C12H16N4O. The molecule has 17 heavy (non-hydrogen) atoms. The van der Waals surface area contributed by atoms with Crippen LogP contribution in [0.4, 0.5) is 0 Å². The van der Waals surface area contributed by atoms with Gasteiger partial charge in [-0.1, -0.05) is 17.3 Å². The Kier molecular flexibility index (Phi) is 3.72. The van der Waals surface area contributed by atoms with E-state index >= 15 is 0 Å². The third-order valence-corrected chi connectivity index (χ3v) is 2.47. The van der Waals surface area contributed by atoms with Crippen LogP contribution < -0.4 is 10.5 Å². The van der Waals surface area contributed by atoms with Crippen molar-refractivity contribution in [2.24, 2.45) is 5.73 Å². The summed E-state index contributed by atoms with van der Waals surface area (Å²) in [6, 6.07) is 7.96. The van der Waals surface area contributed by atoms with E-state index in [2.05, 4.69) is 10.3 Å². The molecule has 0 atom stereocenters. The number of hydrogen-bond donors (Lipinski definition) is 1. The lowest BCUT2D eigenvalue weighted by Gasteiger charge is -2.08. The van der Waals surface area contributed by atoms with Crippen LogP contribution in [0.2, 0.25) is 0 Å². The first kappa shape index (κ1) is 11.6. The summed E-state index contributed by atoms with van der Waals surface area (Å²) in [4.78, 5) is 0. The van der Waals surface area contributed by atoms with Gasteiger partial charge in [0.15, 0.2) is 0 Å². The molecule has 2 aromatic rings. The minimum Gasteiger partial charge on any atom is -0.492 e. The second-order valence-corrected chi connectivity index (χ2v) is 3.82. The Morgan fingerprint density at radius 3 is 3.06 bits per heavy atom. The molecule has 0 fully saturated rings. The summed E-state index contributed by atoms with van der Waals surface area (Å²) >= 11 is 0. The van der Waals surface area contributed by atoms with Crippen molar-refractivity contribution in [1.82, 2.24) is 15.0 Å². The molecule has 5 nitrogen and oxygen atoms in total. The number of aryl methyl sites for hydroxylation is 1. The van der Waals surface area contributed by atoms with E-state index < -0.39 is 0 Å². The largest absolute Gasteiger partial charge is 0.492 e. The van der Waals surface area contributed by atoms with Gasteiger partial charge in [0.25, 0.3) is 0 Å². The van der Waals surface area contributed by atoms with Crippen LogP contribution in [-0.2, 0) is 13.1 Å². The molecule has 0 aliphatic heterocycles. The van der Waals surface area contributed by atoms with Crippen LogP contribution in [0, 0.1) is 6.92 Å². The van der Waals surface area contributed by atoms with E-state index in [0.29, 0.717) is 19.7 Å². The molecule has 1 aromatic carbocycles. The molecule has 0 saturated heterocycles. The van der Waals surface area contributed by atoms with Crippen molar-refractivity contribution in [2.75, 3.05) is 6.61 Å². The van der Waals surface area contributed by atoms with Gasteiger partial charge in [0, 0.05) is 6.54 Å². The number of nitrogens with two attached hydrogens (primary N) is 1. The predicted octanol–water partition coefficient (Wildman–Crippen LogP) is 1.12. The molecule has 1 heterocycles. The summed E-state index contributed by atoms with van der Waals surface area (Å²) in [5.74, 6) is 0.874. The Morgan fingerprint density at radius 2 is 2.29 bits per heavy atom. The number of ether oxygens (including phenoxy) is 1. The van der Waals surface area contributed by atoms with E-state index in [0.717, 1.165) is 11.4 Å². The molecule has 5 heteroatoms. The molecule has 1 aromatic heterocycles. The monoisotopic (exact) mass is 232 g/mol. The van der Waals surface area contributed by atoms with Gasteiger partial charge in [0.2, 0.25) is 0 Å². The van der Waals surface area contributed by atoms with Crippen molar-refractivity contribution in [1.29, 1.82) is 0 Å². The van der Waals surface area contributed by atoms with Crippen molar-refractivity contribution < 1.29 is 4.74 Å². The standard InChI is InChI=1S/C12H16N4O/c1-10-3-2-4-12(7-10)17-6-5-16-11(8-13)9-14-15-16/h2-4,7,9H,5-6,8,13H2,1H3. The van der Waals surface area contributed by atoms with E-state index in [9.17, 15) is 0 Å². The fourth-order valence-electron chi connectivity index (χ4n) is 1.58. The highest BCUT2D eigenvalue weighted by atomic mass is 16.5. The molecule has 0 aliphatic carbocycles. The summed E-state index contributed by atoms with van der Waals surface area (Å²) in [5.41, 5.74) is 7.66. The van der Waals surface area contributed by atoms with Gasteiger partial charge in [0.05, 0.1) is 18.4 Å².